The molecule has 0 radical (unpaired) electrons. The molecule has 44 heavy (non-hydrogen) atoms. The molecule has 0 aliphatic rings. The lowest BCUT2D eigenvalue weighted by atomic mass is 10.1. The highest BCUT2D eigenvalue weighted by atomic mass is 31.2. The van der Waals surface area contributed by atoms with Crippen molar-refractivity contribution in [3.05, 3.63) is 24.3 Å². The third kappa shape index (κ3) is 32.4. The molecule has 0 aromatic carbocycles. The number of unbranched alkanes of at least 4 members (excludes halogenated alkanes) is 15. The summed E-state index contributed by atoms with van der Waals surface area (Å²) in [5.74, 6) is -0.403. The number of likely N-dealkylation sites (N-methyl/N-ethyl adjacent to an activating group) is 1. The van der Waals surface area contributed by atoms with E-state index < -0.39 is 19.9 Å². The monoisotopic (exact) mass is 646 g/mol. The van der Waals surface area contributed by atoms with Crippen molar-refractivity contribution >= 4 is 13.8 Å². The van der Waals surface area contributed by atoms with E-state index in [4.69, 9.17) is 18.5 Å². The molecule has 0 fully saturated rings. The molecular formula is C35H69NO7P+. The zero-order valence-corrected chi connectivity index (χ0v) is 30.0. The average molecular weight is 647 g/mol. The Bertz CT molecular complexity index is 767. The molecule has 0 aliphatic heterocycles. The topological polar surface area (TPSA) is 91.3 Å². The second kappa shape index (κ2) is 29.4. The second-order valence-electron chi connectivity index (χ2n) is 12.9. The predicted octanol–water partition coefficient (Wildman–Crippen LogP) is 9.32. The van der Waals surface area contributed by atoms with Crippen molar-refractivity contribution in [2.45, 2.75) is 142 Å². The van der Waals surface area contributed by atoms with Crippen LogP contribution in [0.4, 0.5) is 0 Å². The van der Waals surface area contributed by atoms with Crippen molar-refractivity contribution < 1.29 is 37.3 Å². The van der Waals surface area contributed by atoms with Crippen molar-refractivity contribution in [2.75, 3.05) is 54.1 Å². The van der Waals surface area contributed by atoms with Crippen LogP contribution in [-0.2, 0) is 27.9 Å². The number of esters is 1. The van der Waals surface area contributed by atoms with Gasteiger partial charge in [0.05, 0.1) is 34.4 Å². The molecule has 0 aromatic heterocycles. The number of phosphoric acid groups is 1. The highest BCUT2D eigenvalue weighted by Gasteiger charge is 2.26. The summed E-state index contributed by atoms with van der Waals surface area (Å²) in [4.78, 5) is 21.7. The van der Waals surface area contributed by atoms with Gasteiger partial charge in [-0.3, -0.25) is 13.8 Å². The largest absolute Gasteiger partial charge is 0.472 e. The summed E-state index contributed by atoms with van der Waals surface area (Å²) in [6.45, 7) is 5.03. The van der Waals surface area contributed by atoms with Crippen LogP contribution < -0.4 is 0 Å². The fourth-order valence-electron chi connectivity index (χ4n) is 4.50. The Morgan fingerprint density at radius 3 is 1.75 bits per heavy atom. The third-order valence-electron chi connectivity index (χ3n) is 7.32. The maximum atomic E-state index is 12.2. The Morgan fingerprint density at radius 1 is 0.705 bits per heavy atom. The lowest BCUT2D eigenvalue weighted by molar-refractivity contribution is -0.870. The fraction of sp³-hybridized carbons (Fsp3) is 0.857. The number of nitrogens with zero attached hydrogens (tertiary/aromatic N) is 1. The van der Waals surface area contributed by atoms with Crippen molar-refractivity contribution in [2.24, 2.45) is 0 Å². The number of carbonyl (C=O) groups excluding carboxylic acids is 1. The molecule has 0 rings (SSSR count). The van der Waals surface area contributed by atoms with E-state index in [1.165, 1.54) is 96.3 Å². The smallest absolute Gasteiger partial charge is 0.457 e. The summed E-state index contributed by atoms with van der Waals surface area (Å²) in [5.41, 5.74) is 0. The fourth-order valence-corrected chi connectivity index (χ4v) is 5.24. The van der Waals surface area contributed by atoms with Gasteiger partial charge in [-0.25, -0.2) is 4.57 Å². The minimum atomic E-state index is -4.23. The van der Waals surface area contributed by atoms with Crippen LogP contribution >= 0.6 is 7.82 Å². The van der Waals surface area contributed by atoms with Gasteiger partial charge in [-0.2, -0.15) is 0 Å². The highest BCUT2D eigenvalue weighted by molar-refractivity contribution is 7.47. The van der Waals surface area contributed by atoms with E-state index in [0.717, 1.165) is 19.3 Å². The predicted molar refractivity (Wildman–Crippen MR) is 183 cm³/mol. The van der Waals surface area contributed by atoms with Gasteiger partial charge < -0.3 is 18.9 Å². The zero-order chi connectivity index (χ0) is 32.8. The molecule has 0 bridgehead atoms. The average Bonchev–Trinajstić information content (AvgIpc) is 2.97. The second-order valence-corrected chi connectivity index (χ2v) is 14.3. The minimum absolute atomic E-state index is 0.0861. The molecule has 8 nitrogen and oxygen atoms in total. The van der Waals surface area contributed by atoms with Gasteiger partial charge in [0, 0.05) is 13.0 Å². The third-order valence-corrected chi connectivity index (χ3v) is 8.30. The first kappa shape index (κ1) is 43.0. The van der Waals surface area contributed by atoms with Gasteiger partial charge in [0.1, 0.15) is 19.3 Å². The minimum Gasteiger partial charge on any atom is -0.457 e. The SMILES string of the molecule is CCCCCCC/C=C\C/C=C\CCCCCCCCCCCCOCC(COP(=O)(O)OCC[N+](C)(C)C)OC(=O)CC. The maximum Gasteiger partial charge on any atom is 0.472 e. The Hall–Kier alpha value is -1.02. The number of hydrogen-bond donors (Lipinski definition) is 1. The first-order chi connectivity index (χ1) is 21.1. The molecule has 0 heterocycles. The van der Waals surface area contributed by atoms with Crippen LogP contribution in [0, 0.1) is 0 Å². The standard InChI is InChI=1S/C35H68NO7P/c1-6-8-9-10-11-12-13-14-15-16-17-18-19-20-21-22-23-24-25-26-27-28-30-40-32-34(43-35(37)7-2)33-42-44(38,39)41-31-29-36(3,4)5/h13-14,16-17,34H,6-12,15,18-33H2,1-5H3/p+1/b14-13-,17-16-. The molecule has 1 N–H and O–H groups in total. The lowest BCUT2D eigenvalue weighted by Gasteiger charge is -2.24. The summed E-state index contributed by atoms with van der Waals surface area (Å²) in [6, 6.07) is 0. The summed E-state index contributed by atoms with van der Waals surface area (Å²) in [6.07, 6.45) is 31.4. The van der Waals surface area contributed by atoms with Crippen LogP contribution in [-0.4, -0.2) is 75.6 Å². The van der Waals surface area contributed by atoms with Gasteiger partial charge in [0.15, 0.2) is 0 Å². The molecule has 2 unspecified atom stereocenters. The van der Waals surface area contributed by atoms with E-state index in [1.807, 2.05) is 21.1 Å². The van der Waals surface area contributed by atoms with E-state index in [1.54, 1.807) is 6.92 Å². The normalized spacial score (nSPS) is 14.4. The quantitative estimate of drug-likeness (QED) is 0.0256. The Kier molecular flexibility index (Phi) is 28.7. The van der Waals surface area contributed by atoms with Crippen LogP contribution in [0.1, 0.15) is 136 Å². The molecule has 0 saturated heterocycles. The number of ether oxygens (including phenoxy) is 2. The molecule has 0 spiro atoms. The van der Waals surface area contributed by atoms with E-state index >= 15 is 0 Å². The molecule has 0 aliphatic carbocycles. The number of allylic oxidation sites excluding steroid dienone is 4. The van der Waals surface area contributed by atoms with Crippen LogP contribution in [0.2, 0.25) is 0 Å². The van der Waals surface area contributed by atoms with E-state index in [-0.39, 0.29) is 26.2 Å². The first-order valence-corrected chi connectivity index (χ1v) is 19.1. The van der Waals surface area contributed by atoms with Gasteiger partial charge >= 0.3 is 13.8 Å². The van der Waals surface area contributed by atoms with Crippen LogP contribution in [0.25, 0.3) is 0 Å². The molecule has 0 saturated carbocycles. The van der Waals surface area contributed by atoms with Crippen molar-refractivity contribution in [1.82, 2.24) is 0 Å². The maximum absolute atomic E-state index is 12.2. The van der Waals surface area contributed by atoms with Crippen molar-refractivity contribution in [3.8, 4) is 0 Å². The number of carbonyl (C=O) groups is 1. The zero-order valence-electron chi connectivity index (χ0n) is 29.1. The number of rotatable bonds is 32. The van der Waals surface area contributed by atoms with Crippen LogP contribution in [0.15, 0.2) is 24.3 Å². The van der Waals surface area contributed by atoms with Gasteiger partial charge in [0.25, 0.3) is 0 Å². The Morgan fingerprint density at radius 2 is 1.23 bits per heavy atom. The molecule has 9 heteroatoms. The van der Waals surface area contributed by atoms with Gasteiger partial charge in [-0.05, 0) is 38.5 Å². The highest BCUT2D eigenvalue weighted by Crippen LogP contribution is 2.43. The van der Waals surface area contributed by atoms with Gasteiger partial charge in [0.2, 0.25) is 0 Å². The first-order valence-electron chi connectivity index (χ1n) is 17.6. The summed E-state index contributed by atoms with van der Waals surface area (Å²) < 4.78 is 33.9. The molecule has 2 atom stereocenters. The Labute approximate surface area is 271 Å². The number of phosphoric ester groups is 1. The molecule has 260 valence electrons. The van der Waals surface area contributed by atoms with Crippen LogP contribution in [0.3, 0.4) is 0 Å². The molecule has 0 amide bonds. The van der Waals surface area contributed by atoms with Gasteiger partial charge in [-0.15, -0.1) is 0 Å². The summed E-state index contributed by atoms with van der Waals surface area (Å²) in [7, 11) is 1.66. The van der Waals surface area contributed by atoms with Crippen LogP contribution in [0.5, 0.6) is 0 Å². The summed E-state index contributed by atoms with van der Waals surface area (Å²) in [5, 5.41) is 0. The van der Waals surface area contributed by atoms with E-state index in [0.29, 0.717) is 17.6 Å². The van der Waals surface area contributed by atoms with E-state index in [9.17, 15) is 14.3 Å². The summed E-state index contributed by atoms with van der Waals surface area (Å²) >= 11 is 0. The number of quaternary nitrogens is 1. The van der Waals surface area contributed by atoms with Crippen molar-refractivity contribution in [3.63, 3.8) is 0 Å². The van der Waals surface area contributed by atoms with E-state index in [2.05, 4.69) is 31.2 Å². The molecular weight excluding hydrogens is 577 g/mol. The number of hydrogen-bond acceptors (Lipinski definition) is 6. The van der Waals surface area contributed by atoms with Gasteiger partial charge in [-0.1, -0.05) is 115 Å². The Balaban J connectivity index is 3.73. The molecule has 0 aromatic rings. The lowest BCUT2D eigenvalue weighted by Crippen LogP contribution is -2.37. The van der Waals surface area contributed by atoms with Crippen molar-refractivity contribution in [1.29, 1.82) is 0 Å².